The number of fused-ring (bicyclic) bond motifs is 1. The number of anilines is 1. The molecule has 0 bridgehead atoms. The lowest BCUT2D eigenvalue weighted by atomic mass is 9.81. The number of ether oxygens (including phenoxy) is 2. The quantitative estimate of drug-likeness (QED) is 0.210. The van der Waals surface area contributed by atoms with E-state index in [4.69, 9.17) is 14.6 Å². The number of hydrogen-bond acceptors (Lipinski definition) is 8. The molecule has 1 aliphatic heterocycles. The van der Waals surface area contributed by atoms with E-state index in [0.717, 1.165) is 76.8 Å². The number of likely N-dealkylation sites (tertiary alicyclic amines) is 1. The average molecular weight is 641 g/mol. The highest BCUT2D eigenvalue weighted by Crippen LogP contribution is 2.34. The first-order valence-corrected chi connectivity index (χ1v) is 17.0. The van der Waals surface area contributed by atoms with Gasteiger partial charge in [0.05, 0.1) is 30.1 Å². The lowest BCUT2D eigenvalue weighted by molar-refractivity contribution is 0.0328. The molecular weight excluding hydrogens is 599 g/mol. The molecule has 1 amide bonds. The number of carboxylic acid groups (broad SMARTS) is 1. The maximum atomic E-state index is 14.9. The van der Waals surface area contributed by atoms with Crippen molar-refractivity contribution in [1.29, 1.82) is 0 Å². The number of aliphatic hydroxyl groups excluding tert-OH is 1. The van der Waals surface area contributed by atoms with Crippen molar-refractivity contribution in [2.75, 3.05) is 31.6 Å². The number of aromatic nitrogens is 2. The van der Waals surface area contributed by atoms with Gasteiger partial charge in [-0.05, 0) is 101 Å². The van der Waals surface area contributed by atoms with Crippen LogP contribution in [0.25, 0.3) is 10.9 Å². The summed E-state index contributed by atoms with van der Waals surface area (Å²) in [6.45, 7) is 3.54. The molecule has 4 N–H and O–H groups in total. The molecule has 0 radical (unpaired) electrons. The fourth-order valence-corrected chi connectivity index (χ4v) is 7.71. The van der Waals surface area contributed by atoms with Gasteiger partial charge in [-0.3, -0.25) is 10.1 Å². The SMILES string of the molecule is O=C(O)Nc1ccc(OC2CC(CN3CCC(COc4cc(F)c5c(=O)[nH]c(CSC6CCC(O)CC6)nc5c4)CC3)C2)cc1. The summed E-state index contributed by atoms with van der Waals surface area (Å²) in [5.41, 5.74) is 0.359. The molecule has 2 aliphatic carbocycles. The van der Waals surface area contributed by atoms with Gasteiger partial charge in [0.2, 0.25) is 0 Å². The minimum atomic E-state index is -1.09. The number of piperidine rings is 1. The van der Waals surface area contributed by atoms with E-state index in [1.165, 1.54) is 6.07 Å². The summed E-state index contributed by atoms with van der Waals surface area (Å²) >= 11 is 1.72. The van der Waals surface area contributed by atoms with E-state index < -0.39 is 17.5 Å². The number of rotatable bonds is 11. The molecule has 0 atom stereocenters. The average Bonchev–Trinajstić information content (AvgIpc) is 2.99. The van der Waals surface area contributed by atoms with Crippen molar-refractivity contribution in [1.82, 2.24) is 14.9 Å². The maximum absolute atomic E-state index is 14.9. The number of aromatic amines is 1. The number of nitrogens with zero attached hydrogens (tertiary/aromatic N) is 2. The van der Waals surface area contributed by atoms with E-state index in [1.807, 2.05) is 0 Å². The number of carbonyl (C=O) groups is 1. The summed E-state index contributed by atoms with van der Waals surface area (Å²) in [5.74, 6) is 2.57. The maximum Gasteiger partial charge on any atom is 0.409 e. The van der Waals surface area contributed by atoms with Gasteiger partial charge in [0.25, 0.3) is 5.56 Å². The van der Waals surface area contributed by atoms with Crippen molar-refractivity contribution >= 4 is 34.4 Å². The second kappa shape index (κ2) is 14.4. The van der Waals surface area contributed by atoms with Crippen molar-refractivity contribution in [2.24, 2.45) is 11.8 Å². The molecule has 2 aromatic carbocycles. The summed E-state index contributed by atoms with van der Waals surface area (Å²) in [7, 11) is 0. The lowest BCUT2D eigenvalue weighted by Crippen LogP contribution is -2.44. The van der Waals surface area contributed by atoms with Crippen LogP contribution in [-0.2, 0) is 5.75 Å². The van der Waals surface area contributed by atoms with Crippen LogP contribution in [-0.4, -0.2) is 74.9 Å². The van der Waals surface area contributed by atoms with E-state index in [9.17, 15) is 19.1 Å². The van der Waals surface area contributed by atoms with Crippen LogP contribution in [0.4, 0.5) is 14.9 Å². The number of hydrogen-bond donors (Lipinski definition) is 4. The Balaban J connectivity index is 0.927. The summed E-state index contributed by atoms with van der Waals surface area (Å²) in [6, 6.07) is 9.93. The zero-order valence-electron chi connectivity index (χ0n) is 25.3. The highest BCUT2D eigenvalue weighted by atomic mass is 32.2. The number of nitrogens with one attached hydrogen (secondary N) is 2. The van der Waals surface area contributed by atoms with Gasteiger partial charge in [-0.1, -0.05) is 0 Å². The van der Waals surface area contributed by atoms with Crippen molar-refractivity contribution in [3.63, 3.8) is 0 Å². The number of H-pyrrole nitrogens is 1. The van der Waals surface area contributed by atoms with Crippen molar-refractivity contribution in [3.05, 3.63) is 58.4 Å². The molecule has 45 heavy (non-hydrogen) atoms. The van der Waals surface area contributed by atoms with Gasteiger partial charge in [-0.25, -0.2) is 14.2 Å². The molecule has 1 saturated heterocycles. The smallest absolute Gasteiger partial charge is 0.409 e. The van der Waals surface area contributed by atoms with Crippen LogP contribution < -0.4 is 20.3 Å². The molecule has 2 saturated carbocycles. The van der Waals surface area contributed by atoms with Gasteiger partial charge in [-0.2, -0.15) is 11.8 Å². The topological polar surface area (TPSA) is 137 Å². The fraction of sp³-hybridized carbons (Fsp3) is 0.545. The Bertz CT molecular complexity index is 1520. The predicted octanol–water partition coefficient (Wildman–Crippen LogP) is 5.64. The number of thioether (sulfide) groups is 1. The first kappa shape index (κ1) is 31.6. The highest BCUT2D eigenvalue weighted by Gasteiger charge is 2.33. The Kier molecular flexibility index (Phi) is 10.1. The van der Waals surface area contributed by atoms with E-state index >= 15 is 0 Å². The predicted molar refractivity (Wildman–Crippen MR) is 172 cm³/mol. The minimum absolute atomic E-state index is 0.0419. The van der Waals surface area contributed by atoms with Crippen molar-refractivity contribution in [3.8, 4) is 11.5 Å². The molecule has 0 unspecified atom stereocenters. The molecule has 242 valence electrons. The van der Waals surface area contributed by atoms with E-state index in [1.54, 1.807) is 42.1 Å². The van der Waals surface area contributed by atoms with Crippen LogP contribution >= 0.6 is 11.8 Å². The van der Waals surface area contributed by atoms with Gasteiger partial charge < -0.3 is 29.6 Å². The Morgan fingerprint density at radius 1 is 1.04 bits per heavy atom. The van der Waals surface area contributed by atoms with Gasteiger partial charge in [0.1, 0.15) is 28.5 Å². The second-order valence-electron chi connectivity index (χ2n) is 12.6. The lowest BCUT2D eigenvalue weighted by Gasteiger charge is -2.40. The molecule has 2 heterocycles. The number of amides is 1. The standard InChI is InChI=1S/C33H41FN4O6S/c34-28-15-25(16-29-31(28)32(40)37-30(36-29)19-45-27-7-3-23(39)4-8-27)43-18-20-9-11-38(12-10-20)17-21-13-26(14-21)44-24-5-1-22(2-6-24)35-33(41)42/h1-2,5-6,15-16,20-21,23,26-27,35,39H,3-4,7-14,17-19H2,(H,41,42)(H,36,37,40). The van der Waals surface area contributed by atoms with Crippen LogP contribution in [0.1, 0.15) is 57.2 Å². The number of benzene rings is 2. The van der Waals surface area contributed by atoms with E-state index in [2.05, 4.69) is 20.2 Å². The number of halogens is 1. The molecular formula is C33H41FN4O6S. The fourth-order valence-electron chi connectivity index (χ4n) is 6.58. The number of aliphatic hydroxyl groups is 1. The third-order valence-electron chi connectivity index (χ3n) is 9.19. The normalized spacial score (nSPS) is 24.2. The molecule has 3 fully saturated rings. The first-order valence-electron chi connectivity index (χ1n) is 15.9. The monoisotopic (exact) mass is 640 g/mol. The largest absolute Gasteiger partial charge is 0.493 e. The Morgan fingerprint density at radius 2 is 1.78 bits per heavy atom. The Morgan fingerprint density at radius 3 is 2.49 bits per heavy atom. The van der Waals surface area contributed by atoms with Gasteiger partial charge in [-0.15, -0.1) is 0 Å². The van der Waals surface area contributed by atoms with Crippen LogP contribution in [0, 0.1) is 17.7 Å². The first-order chi connectivity index (χ1) is 21.8. The van der Waals surface area contributed by atoms with Crippen LogP contribution in [0.15, 0.2) is 41.2 Å². The van der Waals surface area contributed by atoms with Gasteiger partial charge >= 0.3 is 6.09 Å². The minimum Gasteiger partial charge on any atom is -0.493 e. The van der Waals surface area contributed by atoms with Gasteiger partial charge in [0, 0.05) is 29.6 Å². The Hall–Kier alpha value is -3.35. The highest BCUT2D eigenvalue weighted by molar-refractivity contribution is 7.99. The van der Waals surface area contributed by atoms with Crippen LogP contribution in [0.2, 0.25) is 0 Å². The van der Waals surface area contributed by atoms with E-state index in [0.29, 0.717) is 52.2 Å². The zero-order chi connectivity index (χ0) is 31.3. The van der Waals surface area contributed by atoms with Crippen LogP contribution in [0.5, 0.6) is 11.5 Å². The molecule has 6 rings (SSSR count). The molecule has 3 aromatic rings. The molecule has 0 spiro atoms. The molecule has 10 nitrogen and oxygen atoms in total. The molecule has 1 aromatic heterocycles. The van der Waals surface area contributed by atoms with Crippen molar-refractivity contribution in [2.45, 2.75) is 74.6 Å². The molecule has 3 aliphatic rings. The van der Waals surface area contributed by atoms with E-state index in [-0.39, 0.29) is 17.6 Å². The summed E-state index contributed by atoms with van der Waals surface area (Å²) in [5, 5.41) is 21.2. The van der Waals surface area contributed by atoms with Crippen LogP contribution in [0.3, 0.4) is 0 Å². The van der Waals surface area contributed by atoms with Crippen molar-refractivity contribution < 1.29 is 28.9 Å². The molecule has 12 heteroatoms. The third kappa shape index (κ3) is 8.47. The summed E-state index contributed by atoms with van der Waals surface area (Å²) < 4.78 is 27.0. The second-order valence-corrected chi connectivity index (χ2v) is 13.9. The van der Waals surface area contributed by atoms with Gasteiger partial charge in [0.15, 0.2) is 0 Å². The zero-order valence-corrected chi connectivity index (χ0v) is 26.1. The third-order valence-corrected chi connectivity index (χ3v) is 10.6. The summed E-state index contributed by atoms with van der Waals surface area (Å²) in [4.78, 5) is 33.2. The Labute approximate surface area is 265 Å². The summed E-state index contributed by atoms with van der Waals surface area (Å²) in [6.07, 6.45) is 6.42.